The van der Waals surface area contributed by atoms with E-state index in [0.29, 0.717) is 19.6 Å². The van der Waals surface area contributed by atoms with Crippen molar-refractivity contribution in [1.82, 2.24) is 4.90 Å². The normalized spacial score (nSPS) is 20.6. The van der Waals surface area contributed by atoms with Gasteiger partial charge in [0.1, 0.15) is 0 Å². The van der Waals surface area contributed by atoms with Gasteiger partial charge < -0.3 is 14.7 Å². The van der Waals surface area contributed by atoms with Gasteiger partial charge in [-0.2, -0.15) is 0 Å². The van der Waals surface area contributed by atoms with E-state index in [1.165, 1.54) is 0 Å². The second-order valence-electron chi connectivity index (χ2n) is 5.31. The number of carbonyl (C=O) groups is 1. The third-order valence-corrected chi connectivity index (χ3v) is 3.58. The van der Waals surface area contributed by atoms with Gasteiger partial charge in [-0.3, -0.25) is 0 Å². The summed E-state index contributed by atoms with van der Waals surface area (Å²) < 4.78 is 5.07. The Kier molecular flexibility index (Phi) is 5.81. The minimum Gasteiger partial charge on any atom is -0.449 e. The van der Waals surface area contributed by atoms with Gasteiger partial charge in [0, 0.05) is 19.4 Å². The van der Waals surface area contributed by atoms with Crippen molar-refractivity contribution < 1.29 is 14.6 Å². The maximum atomic E-state index is 11.7. The lowest BCUT2D eigenvalue weighted by atomic mass is 10.1. The van der Waals surface area contributed by atoms with Gasteiger partial charge in [-0.05, 0) is 12.0 Å². The number of hydrogen-bond donors (Lipinski definition) is 1. The number of amides is 1. The third-order valence-electron chi connectivity index (χ3n) is 3.58. The summed E-state index contributed by atoms with van der Waals surface area (Å²) >= 11 is 0. The first kappa shape index (κ1) is 15.6. The van der Waals surface area contributed by atoms with E-state index < -0.39 is 6.10 Å². The average molecular weight is 289 g/mol. The van der Waals surface area contributed by atoms with Crippen molar-refractivity contribution in [3.05, 3.63) is 48.0 Å². The van der Waals surface area contributed by atoms with Crippen LogP contribution in [0.4, 0.5) is 4.79 Å². The molecule has 1 amide bonds. The molecule has 114 valence electrons. The van der Waals surface area contributed by atoms with Crippen LogP contribution in [0.3, 0.4) is 0 Å². The molecular formula is C17H23NO3. The highest BCUT2D eigenvalue weighted by Gasteiger charge is 2.26. The van der Waals surface area contributed by atoms with Crippen LogP contribution < -0.4 is 0 Å². The number of ether oxygens (including phenoxy) is 1. The zero-order valence-electron chi connectivity index (χ0n) is 12.4. The fourth-order valence-electron chi connectivity index (χ4n) is 2.52. The fraction of sp³-hybridized carbons (Fsp3) is 0.471. The van der Waals surface area contributed by atoms with Gasteiger partial charge >= 0.3 is 6.09 Å². The van der Waals surface area contributed by atoms with Crippen molar-refractivity contribution in [3.63, 3.8) is 0 Å². The fourth-order valence-corrected chi connectivity index (χ4v) is 2.52. The van der Waals surface area contributed by atoms with Crippen molar-refractivity contribution in [2.24, 2.45) is 0 Å². The van der Waals surface area contributed by atoms with E-state index in [2.05, 4.69) is 0 Å². The van der Waals surface area contributed by atoms with Gasteiger partial charge in [-0.25, -0.2) is 4.79 Å². The molecule has 4 nitrogen and oxygen atoms in total. The molecule has 1 N–H and O–H groups in total. The van der Waals surface area contributed by atoms with E-state index >= 15 is 0 Å². The highest BCUT2D eigenvalue weighted by molar-refractivity contribution is 5.69. The molecular weight excluding hydrogens is 266 g/mol. The summed E-state index contributed by atoms with van der Waals surface area (Å²) in [5, 5.41) is 10.1. The van der Waals surface area contributed by atoms with Crippen molar-refractivity contribution in [2.75, 3.05) is 13.2 Å². The Morgan fingerprint density at radius 2 is 2.19 bits per heavy atom. The Hall–Kier alpha value is -1.81. The lowest BCUT2D eigenvalue weighted by molar-refractivity contribution is 0.0559. The number of carbonyl (C=O) groups excluding carboxylic acids is 1. The largest absolute Gasteiger partial charge is 0.449 e. The van der Waals surface area contributed by atoms with Gasteiger partial charge in [-0.1, -0.05) is 49.4 Å². The second kappa shape index (κ2) is 7.84. The minimum absolute atomic E-state index is 0.0247. The maximum Gasteiger partial charge on any atom is 0.410 e. The smallest absolute Gasteiger partial charge is 0.410 e. The van der Waals surface area contributed by atoms with Gasteiger partial charge in [0.05, 0.1) is 18.8 Å². The van der Waals surface area contributed by atoms with E-state index in [9.17, 15) is 9.90 Å². The molecule has 1 aliphatic heterocycles. The molecule has 2 atom stereocenters. The van der Waals surface area contributed by atoms with E-state index in [1.807, 2.05) is 43.3 Å². The summed E-state index contributed by atoms with van der Waals surface area (Å²) in [6.07, 6.45) is 5.20. The van der Waals surface area contributed by atoms with Gasteiger partial charge in [-0.15, -0.1) is 0 Å². The molecule has 1 aromatic carbocycles. The number of nitrogens with zero attached hydrogens (tertiary/aromatic N) is 1. The summed E-state index contributed by atoms with van der Waals surface area (Å²) in [4.78, 5) is 13.5. The first-order valence-corrected chi connectivity index (χ1v) is 7.54. The molecule has 2 unspecified atom stereocenters. The molecule has 1 heterocycles. The van der Waals surface area contributed by atoms with Crippen LogP contribution in [0.5, 0.6) is 0 Å². The topological polar surface area (TPSA) is 49.8 Å². The molecule has 1 saturated heterocycles. The molecule has 0 bridgehead atoms. The number of hydrogen-bond acceptors (Lipinski definition) is 3. The second-order valence-corrected chi connectivity index (χ2v) is 5.31. The Labute approximate surface area is 126 Å². The molecule has 0 aromatic heterocycles. The van der Waals surface area contributed by atoms with Crippen LogP contribution in [0.25, 0.3) is 0 Å². The number of cyclic esters (lactones) is 1. The lowest BCUT2D eigenvalue weighted by Crippen LogP contribution is -2.45. The Bertz CT molecular complexity index is 472. The maximum absolute atomic E-state index is 11.7. The summed E-state index contributed by atoms with van der Waals surface area (Å²) in [6, 6.07) is 9.91. The zero-order valence-corrected chi connectivity index (χ0v) is 12.4. The van der Waals surface area contributed by atoms with Crippen LogP contribution >= 0.6 is 0 Å². The summed E-state index contributed by atoms with van der Waals surface area (Å²) in [7, 11) is 0. The highest BCUT2D eigenvalue weighted by Crippen LogP contribution is 2.16. The Morgan fingerprint density at radius 3 is 2.90 bits per heavy atom. The van der Waals surface area contributed by atoms with Crippen LogP contribution in [0, 0.1) is 0 Å². The molecule has 0 saturated carbocycles. The van der Waals surface area contributed by atoms with Gasteiger partial charge in [0.25, 0.3) is 0 Å². The van der Waals surface area contributed by atoms with Crippen LogP contribution in [0.15, 0.2) is 42.5 Å². The predicted octanol–water partition coefficient (Wildman–Crippen LogP) is 2.77. The molecule has 1 fully saturated rings. The Morgan fingerprint density at radius 1 is 1.43 bits per heavy atom. The zero-order chi connectivity index (χ0) is 15.1. The minimum atomic E-state index is -0.533. The monoisotopic (exact) mass is 289 g/mol. The first-order valence-electron chi connectivity index (χ1n) is 7.54. The quantitative estimate of drug-likeness (QED) is 0.819. The van der Waals surface area contributed by atoms with Crippen LogP contribution in [0.1, 0.15) is 25.3 Å². The first-order chi connectivity index (χ1) is 10.2. The average Bonchev–Trinajstić information content (AvgIpc) is 2.49. The number of aliphatic hydroxyl groups excluding tert-OH is 1. The highest BCUT2D eigenvalue weighted by atomic mass is 16.6. The molecule has 0 radical (unpaired) electrons. The predicted molar refractivity (Wildman–Crippen MR) is 82.0 cm³/mol. The summed E-state index contributed by atoms with van der Waals surface area (Å²) in [5.41, 5.74) is 1.10. The molecule has 1 aliphatic rings. The van der Waals surface area contributed by atoms with Gasteiger partial charge in [0.15, 0.2) is 0 Å². The molecule has 0 spiro atoms. The number of benzene rings is 1. The van der Waals surface area contributed by atoms with Crippen molar-refractivity contribution in [2.45, 2.75) is 38.3 Å². The number of rotatable bonds is 6. The molecule has 1 aromatic rings. The molecule has 2 rings (SSSR count). The van der Waals surface area contributed by atoms with Crippen molar-refractivity contribution in [3.8, 4) is 0 Å². The Balaban J connectivity index is 1.93. The van der Waals surface area contributed by atoms with Crippen LogP contribution in [-0.4, -0.2) is 41.4 Å². The standard InChI is InChI=1S/C17H23NO3/c1-2-11-18-15(10-12-21-17(18)20)8-9-16(19)13-14-6-4-3-5-7-14/h3-9,15-16,19H,2,10-13H2,1H3/b9-8+. The lowest BCUT2D eigenvalue weighted by Gasteiger charge is -2.33. The van der Waals surface area contributed by atoms with Crippen LogP contribution in [-0.2, 0) is 11.2 Å². The van der Waals surface area contributed by atoms with E-state index in [4.69, 9.17) is 4.74 Å². The van der Waals surface area contributed by atoms with E-state index in [-0.39, 0.29) is 12.1 Å². The van der Waals surface area contributed by atoms with Crippen LogP contribution in [0.2, 0.25) is 0 Å². The molecule has 21 heavy (non-hydrogen) atoms. The molecule has 0 aliphatic carbocycles. The van der Waals surface area contributed by atoms with E-state index in [0.717, 1.165) is 18.4 Å². The van der Waals surface area contributed by atoms with Crippen molar-refractivity contribution >= 4 is 6.09 Å². The molecule has 4 heteroatoms. The third kappa shape index (κ3) is 4.60. The summed E-state index contributed by atoms with van der Waals surface area (Å²) in [5.74, 6) is 0. The van der Waals surface area contributed by atoms with Crippen molar-refractivity contribution in [1.29, 1.82) is 0 Å². The SMILES string of the molecule is CCCN1C(=O)OCCC1/C=C/C(O)Cc1ccccc1. The van der Waals surface area contributed by atoms with Gasteiger partial charge in [0.2, 0.25) is 0 Å². The number of aliphatic hydroxyl groups is 1. The summed E-state index contributed by atoms with van der Waals surface area (Å²) in [6.45, 7) is 3.17. The van der Waals surface area contributed by atoms with E-state index in [1.54, 1.807) is 11.0 Å².